The number of anilines is 1. The molecule has 0 spiro atoms. The molecular weight excluding hydrogens is 368 g/mol. The summed E-state index contributed by atoms with van der Waals surface area (Å²) < 4.78 is 6.46. The van der Waals surface area contributed by atoms with E-state index in [0.29, 0.717) is 23.1 Å². The highest BCUT2D eigenvalue weighted by atomic mass is 32.2. The van der Waals surface area contributed by atoms with Crippen molar-refractivity contribution in [2.75, 3.05) is 17.7 Å². The van der Waals surface area contributed by atoms with E-state index in [1.54, 1.807) is 17.8 Å². The smallest absolute Gasteiger partial charge is 0.268 e. The van der Waals surface area contributed by atoms with Crippen molar-refractivity contribution in [3.05, 3.63) is 35.4 Å². The van der Waals surface area contributed by atoms with Gasteiger partial charge in [0.25, 0.3) is 5.91 Å². The molecule has 0 aliphatic carbocycles. The minimum absolute atomic E-state index is 0.0180. The molecule has 136 valence electrons. The van der Waals surface area contributed by atoms with Crippen molar-refractivity contribution in [1.82, 2.24) is 10.2 Å². The average Bonchev–Trinajstić information content (AvgIpc) is 3.10. The molecule has 1 aromatic heterocycles. The van der Waals surface area contributed by atoms with Crippen LogP contribution >= 0.6 is 23.1 Å². The quantitative estimate of drug-likeness (QED) is 0.297. The Morgan fingerprint density at radius 3 is 2.88 bits per heavy atom. The number of benzene rings is 1. The van der Waals surface area contributed by atoms with E-state index in [1.807, 2.05) is 31.2 Å². The zero-order valence-electron chi connectivity index (χ0n) is 14.7. The van der Waals surface area contributed by atoms with Gasteiger partial charge >= 0.3 is 0 Å². The molecule has 0 saturated carbocycles. The summed E-state index contributed by atoms with van der Waals surface area (Å²) >= 11 is 2.89. The molecule has 0 aliphatic rings. The van der Waals surface area contributed by atoms with Crippen LogP contribution in [-0.4, -0.2) is 28.5 Å². The Labute approximate surface area is 161 Å². The zero-order valence-corrected chi connectivity index (χ0v) is 16.3. The Hall–Kier alpha value is -2.37. The number of thioether (sulfide) groups is 1. The van der Waals surface area contributed by atoms with Crippen LogP contribution in [0.2, 0.25) is 0 Å². The van der Waals surface area contributed by atoms with Gasteiger partial charge in [-0.05, 0) is 25.0 Å². The van der Waals surface area contributed by atoms with E-state index in [4.69, 9.17) is 4.74 Å². The number of ether oxygens (including phenoxy) is 1. The Morgan fingerprint density at radius 2 is 2.15 bits per heavy atom. The molecule has 8 heteroatoms. The second kappa shape index (κ2) is 10.6. The molecule has 1 N–H and O–H groups in total. The number of amides is 1. The first-order chi connectivity index (χ1) is 12.7. The Balaban J connectivity index is 2.12. The summed E-state index contributed by atoms with van der Waals surface area (Å²) in [5, 5.41) is 20.3. The van der Waals surface area contributed by atoms with Crippen LogP contribution in [0.25, 0.3) is 6.08 Å². The third kappa shape index (κ3) is 5.86. The first-order valence-electron chi connectivity index (χ1n) is 8.29. The van der Waals surface area contributed by atoms with Crippen molar-refractivity contribution in [3.8, 4) is 11.8 Å². The highest BCUT2D eigenvalue weighted by Gasteiger charge is 2.14. The van der Waals surface area contributed by atoms with Gasteiger partial charge in [-0.1, -0.05) is 55.1 Å². The molecule has 26 heavy (non-hydrogen) atoms. The molecule has 0 saturated heterocycles. The maximum absolute atomic E-state index is 12.4. The van der Waals surface area contributed by atoms with E-state index in [1.165, 1.54) is 17.4 Å². The van der Waals surface area contributed by atoms with Gasteiger partial charge < -0.3 is 4.74 Å². The normalized spacial score (nSPS) is 11.0. The molecule has 6 nitrogen and oxygen atoms in total. The number of aromatic nitrogens is 2. The van der Waals surface area contributed by atoms with E-state index in [-0.39, 0.29) is 5.57 Å². The minimum Gasteiger partial charge on any atom is -0.493 e. The molecule has 0 unspecified atom stereocenters. The van der Waals surface area contributed by atoms with Crippen LogP contribution in [0.15, 0.2) is 34.2 Å². The number of nitrogens with zero attached hydrogens (tertiary/aromatic N) is 3. The van der Waals surface area contributed by atoms with Gasteiger partial charge in [-0.2, -0.15) is 5.26 Å². The number of para-hydroxylation sites is 1. The fourth-order valence-electron chi connectivity index (χ4n) is 1.92. The molecule has 1 heterocycles. The van der Waals surface area contributed by atoms with Crippen LogP contribution in [0.1, 0.15) is 32.3 Å². The van der Waals surface area contributed by atoms with Gasteiger partial charge in [0, 0.05) is 11.3 Å². The molecular formula is C18H20N4O2S2. The van der Waals surface area contributed by atoms with Gasteiger partial charge in [-0.15, -0.1) is 10.2 Å². The molecule has 0 fully saturated rings. The summed E-state index contributed by atoms with van der Waals surface area (Å²) in [6.45, 7) is 4.67. The van der Waals surface area contributed by atoms with Gasteiger partial charge in [0.15, 0.2) is 4.34 Å². The Morgan fingerprint density at radius 1 is 1.35 bits per heavy atom. The SMILES string of the molecule is CCCOc1ccccc1/C=C(\C#N)C(=O)Nc1nnc(SCCC)s1. The summed E-state index contributed by atoms with van der Waals surface area (Å²) in [6, 6.07) is 9.25. The first kappa shape index (κ1) is 19.9. The molecule has 2 rings (SSSR count). The predicted molar refractivity (Wildman–Crippen MR) is 105 cm³/mol. The number of rotatable bonds is 9. The summed E-state index contributed by atoms with van der Waals surface area (Å²) in [7, 11) is 0. The van der Waals surface area contributed by atoms with Crippen LogP contribution in [0.4, 0.5) is 5.13 Å². The van der Waals surface area contributed by atoms with E-state index < -0.39 is 5.91 Å². The molecule has 0 radical (unpaired) electrons. The van der Waals surface area contributed by atoms with Gasteiger partial charge in [0.2, 0.25) is 5.13 Å². The van der Waals surface area contributed by atoms with Crippen molar-refractivity contribution >= 4 is 40.2 Å². The van der Waals surface area contributed by atoms with E-state index in [2.05, 4.69) is 22.4 Å². The second-order valence-corrected chi connectivity index (χ2v) is 7.55. The largest absolute Gasteiger partial charge is 0.493 e. The van der Waals surface area contributed by atoms with Crippen LogP contribution in [0, 0.1) is 11.3 Å². The lowest BCUT2D eigenvalue weighted by molar-refractivity contribution is -0.112. The highest BCUT2D eigenvalue weighted by molar-refractivity contribution is 8.01. The van der Waals surface area contributed by atoms with Crippen LogP contribution < -0.4 is 10.1 Å². The monoisotopic (exact) mass is 388 g/mol. The highest BCUT2D eigenvalue weighted by Crippen LogP contribution is 2.26. The number of carbonyl (C=O) groups is 1. The zero-order chi connectivity index (χ0) is 18.8. The lowest BCUT2D eigenvalue weighted by Crippen LogP contribution is -2.13. The van der Waals surface area contributed by atoms with Crippen molar-refractivity contribution in [2.24, 2.45) is 0 Å². The lowest BCUT2D eigenvalue weighted by atomic mass is 10.1. The Kier molecular flexibility index (Phi) is 8.12. The topological polar surface area (TPSA) is 87.9 Å². The fraction of sp³-hybridized carbons (Fsp3) is 0.333. The van der Waals surface area contributed by atoms with Gasteiger partial charge in [-0.3, -0.25) is 10.1 Å². The number of nitriles is 1. The summed E-state index contributed by atoms with van der Waals surface area (Å²) in [5.74, 6) is 1.07. The molecule has 0 aliphatic heterocycles. The number of hydrogen-bond acceptors (Lipinski definition) is 7. The van der Waals surface area contributed by atoms with Gasteiger partial charge in [0.05, 0.1) is 6.61 Å². The fourth-order valence-corrected chi connectivity index (χ4v) is 3.59. The Bertz CT molecular complexity index is 812. The van der Waals surface area contributed by atoms with Gasteiger partial charge in [-0.25, -0.2) is 0 Å². The van der Waals surface area contributed by atoms with Crippen molar-refractivity contribution in [1.29, 1.82) is 5.26 Å². The number of hydrogen-bond donors (Lipinski definition) is 1. The summed E-state index contributed by atoms with van der Waals surface area (Å²) in [6.07, 6.45) is 3.43. The third-order valence-electron chi connectivity index (χ3n) is 3.10. The van der Waals surface area contributed by atoms with Crippen molar-refractivity contribution in [2.45, 2.75) is 31.0 Å². The average molecular weight is 389 g/mol. The van der Waals surface area contributed by atoms with E-state index >= 15 is 0 Å². The standard InChI is InChI=1S/C18H20N4O2S2/c1-3-9-24-15-8-6-5-7-13(15)11-14(12-19)16(23)20-17-21-22-18(26-17)25-10-4-2/h5-8,11H,3-4,9-10H2,1-2H3,(H,20,21,23)/b14-11+. The van der Waals surface area contributed by atoms with Crippen molar-refractivity contribution < 1.29 is 9.53 Å². The predicted octanol–water partition coefficient (Wildman–Crippen LogP) is 4.37. The van der Waals surface area contributed by atoms with Crippen LogP contribution in [0.5, 0.6) is 5.75 Å². The van der Waals surface area contributed by atoms with Crippen LogP contribution in [0.3, 0.4) is 0 Å². The third-order valence-corrected chi connectivity index (χ3v) is 5.28. The molecule has 1 aromatic carbocycles. The van der Waals surface area contributed by atoms with Crippen LogP contribution in [-0.2, 0) is 4.79 Å². The van der Waals surface area contributed by atoms with E-state index in [0.717, 1.165) is 22.9 Å². The van der Waals surface area contributed by atoms with Gasteiger partial charge in [0.1, 0.15) is 17.4 Å². The molecule has 2 aromatic rings. The summed E-state index contributed by atoms with van der Waals surface area (Å²) in [5.41, 5.74) is 0.666. The lowest BCUT2D eigenvalue weighted by Gasteiger charge is -2.08. The molecule has 1 amide bonds. The minimum atomic E-state index is -0.513. The molecule has 0 bridgehead atoms. The summed E-state index contributed by atoms with van der Waals surface area (Å²) in [4.78, 5) is 12.4. The van der Waals surface area contributed by atoms with E-state index in [9.17, 15) is 10.1 Å². The maximum atomic E-state index is 12.4. The number of carbonyl (C=O) groups excluding carboxylic acids is 1. The molecule has 0 atom stereocenters. The first-order valence-corrected chi connectivity index (χ1v) is 10.1. The second-order valence-electron chi connectivity index (χ2n) is 5.23. The maximum Gasteiger partial charge on any atom is 0.268 e. The van der Waals surface area contributed by atoms with Crippen molar-refractivity contribution in [3.63, 3.8) is 0 Å². The number of nitrogens with one attached hydrogen (secondary N) is 1.